The van der Waals surface area contributed by atoms with Crippen LogP contribution in [0, 0.1) is 13.8 Å². The molecule has 4 amide bonds. The highest BCUT2D eigenvalue weighted by Gasteiger charge is 2.35. The molecule has 0 saturated carbocycles. The van der Waals surface area contributed by atoms with Crippen molar-refractivity contribution in [2.45, 2.75) is 33.2 Å². The van der Waals surface area contributed by atoms with Crippen molar-refractivity contribution in [3.8, 4) is 0 Å². The zero-order valence-electron chi connectivity index (χ0n) is 19.6. The van der Waals surface area contributed by atoms with E-state index in [-0.39, 0.29) is 36.8 Å². The van der Waals surface area contributed by atoms with E-state index in [2.05, 4.69) is 10.6 Å². The van der Waals surface area contributed by atoms with Crippen molar-refractivity contribution >= 4 is 29.5 Å². The first kappa shape index (κ1) is 24.5. The van der Waals surface area contributed by atoms with Gasteiger partial charge in [-0.1, -0.05) is 17.7 Å². The second-order valence-electron chi connectivity index (χ2n) is 8.43. The molecule has 0 aliphatic carbocycles. The van der Waals surface area contributed by atoms with Gasteiger partial charge in [0.2, 0.25) is 17.7 Å². The first-order valence-electron chi connectivity index (χ1n) is 11.4. The lowest BCUT2D eigenvalue weighted by atomic mass is 10.1. The van der Waals surface area contributed by atoms with E-state index in [1.165, 1.54) is 4.90 Å². The summed E-state index contributed by atoms with van der Waals surface area (Å²) in [7, 11) is 0. The number of aryl methyl sites for hydroxylation is 2. The highest BCUT2D eigenvalue weighted by Crippen LogP contribution is 2.18. The third-order valence-corrected chi connectivity index (χ3v) is 5.94. The molecule has 1 atom stereocenters. The molecule has 2 fully saturated rings. The van der Waals surface area contributed by atoms with Crippen molar-refractivity contribution in [3.63, 3.8) is 0 Å². The van der Waals surface area contributed by atoms with E-state index >= 15 is 0 Å². The molecule has 0 radical (unpaired) electrons. The predicted octanol–water partition coefficient (Wildman–Crippen LogP) is 0.733. The van der Waals surface area contributed by atoms with Crippen LogP contribution in [0.15, 0.2) is 18.2 Å². The van der Waals surface area contributed by atoms with E-state index < -0.39 is 6.04 Å². The molecule has 2 heterocycles. The van der Waals surface area contributed by atoms with Gasteiger partial charge in [0.1, 0.15) is 6.04 Å². The maximum atomic E-state index is 13.0. The zero-order valence-corrected chi connectivity index (χ0v) is 19.6. The van der Waals surface area contributed by atoms with Gasteiger partial charge >= 0.3 is 6.09 Å². The van der Waals surface area contributed by atoms with Crippen LogP contribution in [0.1, 0.15) is 24.5 Å². The standard InChI is InChI=1S/C23H33N5O5/c1-4-33-23(32)27-11-9-26(10-12-27)15-21(30)28-8-7-24-22(31)19(28)14-20(29)25-18-6-5-16(2)13-17(18)3/h5-6,13,19H,4,7-12,14-15H2,1-3H3,(H,24,31)(H,25,29)/t19-/m0/s1. The van der Waals surface area contributed by atoms with Crippen molar-refractivity contribution in [1.82, 2.24) is 20.0 Å². The van der Waals surface area contributed by atoms with Crippen LogP contribution in [-0.2, 0) is 19.1 Å². The molecule has 0 bridgehead atoms. The average Bonchev–Trinajstić information content (AvgIpc) is 2.77. The fourth-order valence-corrected chi connectivity index (χ4v) is 4.13. The maximum absolute atomic E-state index is 13.0. The molecule has 3 rings (SSSR count). The zero-order chi connectivity index (χ0) is 24.0. The summed E-state index contributed by atoms with van der Waals surface area (Å²) in [4.78, 5) is 55.2. The lowest BCUT2D eigenvalue weighted by Gasteiger charge is -2.38. The number of nitrogens with one attached hydrogen (secondary N) is 2. The quantitative estimate of drug-likeness (QED) is 0.649. The van der Waals surface area contributed by atoms with Crippen molar-refractivity contribution in [2.75, 3.05) is 57.7 Å². The van der Waals surface area contributed by atoms with Crippen molar-refractivity contribution in [1.29, 1.82) is 0 Å². The summed E-state index contributed by atoms with van der Waals surface area (Å²) >= 11 is 0. The summed E-state index contributed by atoms with van der Waals surface area (Å²) in [5.41, 5.74) is 2.72. The molecule has 0 aromatic heterocycles. The van der Waals surface area contributed by atoms with Gasteiger partial charge in [0.15, 0.2) is 0 Å². The summed E-state index contributed by atoms with van der Waals surface area (Å²) < 4.78 is 5.02. The summed E-state index contributed by atoms with van der Waals surface area (Å²) in [6.45, 7) is 8.88. The minimum absolute atomic E-state index is 0.110. The number of anilines is 1. The molecule has 0 unspecified atom stereocenters. The van der Waals surface area contributed by atoms with Crippen molar-refractivity contribution in [3.05, 3.63) is 29.3 Å². The Morgan fingerprint density at radius 2 is 1.85 bits per heavy atom. The van der Waals surface area contributed by atoms with Crippen LogP contribution >= 0.6 is 0 Å². The van der Waals surface area contributed by atoms with E-state index in [1.807, 2.05) is 36.9 Å². The maximum Gasteiger partial charge on any atom is 0.409 e. The van der Waals surface area contributed by atoms with E-state index in [1.54, 1.807) is 11.8 Å². The van der Waals surface area contributed by atoms with Gasteiger partial charge in [-0.05, 0) is 32.4 Å². The number of hydrogen-bond acceptors (Lipinski definition) is 6. The minimum atomic E-state index is -0.849. The summed E-state index contributed by atoms with van der Waals surface area (Å²) in [6, 6.07) is 4.87. The minimum Gasteiger partial charge on any atom is -0.450 e. The fourth-order valence-electron chi connectivity index (χ4n) is 4.13. The number of amides is 4. The van der Waals surface area contributed by atoms with Crippen LogP contribution in [-0.4, -0.2) is 97.0 Å². The number of piperazine rings is 2. The third kappa shape index (κ3) is 6.44. The van der Waals surface area contributed by atoms with Gasteiger partial charge in [0, 0.05) is 45.0 Å². The average molecular weight is 460 g/mol. The first-order chi connectivity index (χ1) is 15.8. The number of hydrogen-bond donors (Lipinski definition) is 2. The number of rotatable bonds is 6. The van der Waals surface area contributed by atoms with Gasteiger partial charge in [-0.2, -0.15) is 0 Å². The van der Waals surface area contributed by atoms with E-state index in [0.29, 0.717) is 51.6 Å². The van der Waals surface area contributed by atoms with Gasteiger partial charge in [-0.15, -0.1) is 0 Å². The molecular formula is C23H33N5O5. The molecule has 180 valence electrons. The lowest BCUT2D eigenvalue weighted by Crippen LogP contribution is -2.60. The molecule has 2 aliphatic rings. The molecule has 2 saturated heterocycles. The smallest absolute Gasteiger partial charge is 0.409 e. The molecule has 2 N–H and O–H groups in total. The lowest BCUT2D eigenvalue weighted by molar-refractivity contribution is -0.145. The number of benzene rings is 1. The van der Waals surface area contributed by atoms with Crippen LogP contribution in [0.2, 0.25) is 0 Å². The van der Waals surface area contributed by atoms with Gasteiger partial charge in [-0.3, -0.25) is 19.3 Å². The highest BCUT2D eigenvalue weighted by atomic mass is 16.6. The Balaban J connectivity index is 1.57. The summed E-state index contributed by atoms with van der Waals surface area (Å²) in [5.74, 6) is -0.832. The second-order valence-corrected chi connectivity index (χ2v) is 8.43. The van der Waals surface area contributed by atoms with Gasteiger partial charge < -0.3 is 25.2 Å². The molecule has 10 nitrogen and oxygen atoms in total. The molecule has 1 aromatic carbocycles. The molecular weight excluding hydrogens is 426 g/mol. The van der Waals surface area contributed by atoms with Gasteiger partial charge in [0.05, 0.1) is 19.6 Å². The number of carbonyl (C=O) groups is 4. The van der Waals surface area contributed by atoms with Gasteiger partial charge in [-0.25, -0.2) is 4.79 Å². The normalized spacial score (nSPS) is 19.1. The summed E-state index contributed by atoms with van der Waals surface area (Å²) in [6.07, 6.45) is -0.451. The molecule has 0 spiro atoms. The van der Waals surface area contributed by atoms with E-state index in [9.17, 15) is 19.2 Å². The number of carbonyl (C=O) groups excluding carboxylic acids is 4. The van der Waals surface area contributed by atoms with Crippen LogP contribution in [0.4, 0.5) is 10.5 Å². The Morgan fingerprint density at radius 1 is 1.12 bits per heavy atom. The Labute approximate surface area is 194 Å². The highest BCUT2D eigenvalue weighted by molar-refractivity contribution is 5.98. The van der Waals surface area contributed by atoms with Crippen LogP contribution in [0.25, 0.3) is 0 Å². The third-order valence-electron chi connectivity index (χ3n) is 5.94. The SMILES string of the molecule is CCOC(=O)N1CCN(CC(=O)N2CCNC(=O)[C@@H]2CC(=O)Nc2ccc(C)cc2C)CC1. The largest absolute Gasteiger partial charge is 0.450 e. The Hall–Kier alpha value is -3.14. The number of ether oxygens (including phenoxy) is 1. The van der Waals surface area contributed by atoms with Crippen molar-refractivity contribution in [2.24, 2.45) is 0 Å². The fraction of sp³-hybridized carbons (Fsp3) is 0.565. The first-order valence-corrected chi connectivity index (χ1v) is 11.4. The van der Waals surface area contributed by atoms with Crippen LogP contribution in [0.3, 0.4) is 0 Å². The molecule has 2 aliphatic heterocycles. The molecule has 1 aromatic rings. The predicted molar refractivity (Wildman–Crippen MR) is 123 cm³/mol. The van der Waals surface area contributed by atoms with Crippen LogP contribution in [0.5, 0.6) is 0 Å². The molecule has 10 heteroatoms. The van der Waals surface area contributed by atoms with E-state index in [0.717, 1.165) is 11.1 Å². The summed E-state index contributed by atoms with van der Waals surface area (Å²) in [5, 5.41) is 5.61. The van der Waals surface area contributed by atoms with E-state index in [4.69, 9.17) is 4.74 Å². The topological polar surface area (TPSA) is 111 Å². The Morgan fingerprint density at radius 3 is 2.52 bits per heavy atom. The van der Waals surface area contributed by atoms with Crippen LogP contribution < -0.4 is 10.6 Å². The van der Waals surface area contributed by atoms with Gasteiger partial charge in [0.25, 0.3) is 0 Å². The monoisotopic (exact) mass is 459 g/mol. The number of nitrogens with zero attached hydrogens (tertiary/aromatic N) is 3. The van der Waals surface area contributed by atoms with Crippen molar-refractivity contribution < 1.29 is 23.9 Å². The Kier molecular flexibility index (Phi) is 8.26. The second kappa shape index (κ2) is 11.1. The molecule has 33 heavy (non-hydrogen) atoms. The Bertz CT molecular complexity index is 897.